The van der Waals surface area contributed by atoms with E-state index in [0.717, 1.165) is 0 Å². The zero-order valence-electron chi connectivity index (χ0n) is 14.7. The summed E-state index contributed by atoms with van der Waals surface area (Å²) in [6.45, 7) is 1.54. The predicted molar refractivity (Wildman–Crippen MR) is 98.9 cm³/mol. The van der Waals surface area contributed by atoms with Crippen molar-refractivity contribution in [3.63, 3.8) is 0 Å². The zero-order chi connectivity index (χ0) is 19.5. The van der Waals surface area contributed by atoms with Gasteiger partial charge < -0.3 is 19.6 Å². The fourth-order valence-electron chi connectivity index (χ4n) is 3.12. The van der Waals surface area contributed by atoms with Crippen LogP contribution in [0.2, 0.25) is 5.02 Å². The Morgan fingerprint density at radius 3 is 3.00 bits per heavy atom. The minimum absolute atomic E-state index is 0.0453. The van der Waals surface area contributed by atoms with Crippen molar-refractivity contribution in [2.75, 3.05) is 19.7 Å². The molecule has 0 aliphatic carbocycles. The van der Waals surface area contributed by atoms with E-state index in [1.807, 2.05) is 0 Å². The van der Waals surface area contributed by atoms with Gasteiger partial charge in [-0.1, -0.05) is 22.8 Å². The highest BCUT2D eigenvalue weighted by atomic mass is 35.5. The second-order valence-corrected chi connectivity index (χ2v) is 6.77. The van der Waals surface area contributed by atoms with Gasteiger partial charge in [-0.15, -0.1) is 0 Å². The molecular weight excluding hydrogens is 389 g/mol. The van der Waals surface area contributed by atoms with Crippen LogP contribution in [-0.2, 0) is 14.4 Å². The average molecular weight is 406 g/mol. The van der Waals surface area contributed by atoms with Gasteiger partial charge in [0.25, 0.3) is 0 Å². The Balaban J connectivity index is 1.63. The van der Waals surface area contributed by atoms with Crippen LogP contribution >= 0.6 is 11.6 Å². The molecule has 28 heavy (non-hydrogen) atoms. The Bertz CT molecular complexity index is 924. The first kappa shape index (κ1) is 18.8. The van der Waals surface area contributed by atoms with Crippen LogP contribution in [-0.4, -0.2) is 42.5 Å². The molecule has 0 bridgehead atoms. The molecule has 1 N–H and O–H groups in total. The molecule has 2 aromatic rings. The van der Waals surface area contributed by atoms with Crippen molar-refractivity contribution in [1.82, 2.24) is 10.3 Å². The SMILES string of the molecule is O=C1CC(c2cccnc2O[C@H]2CNCCOC2c2ccc(Cl)c(F)c2)=NO1. The number of aromatic nitrogens is 1. The molecule has 146 valence electrons. The highest BCUT2D eigenvalue weighted by Gasteiger charge is 2.31. The maximum absolute atomic E-state index is 14.0. The van der Waals surface area contributed by atoms with Crippen molar-refractivity contribution >= 4 is 23.3 Å². The number of carbonyl (C=O) groups excluding carboxylic acids is 1. The second-order valence-electron chi connectivity index (χ2n) is 6.36. The Hall–Kier alpha value is -2.55. The maximum Gasteiger partial charge on any atom is 0.341 e. The molecule has 0 radical (unpaired) electrons. The summed E-state index contributed by atoms with van der Waals surface area (Å²) in [6, 6.07) is 8.03. The van der Waals surface area contributed by atoms with Gasteiger partial charge in [0.15, 0.2) is 0 Å². The van der Waals surface area contributed by atoms with Crippen LogP contribution in [0.1, 0.15) is 23.7 Å². The van der Waals surface area contributed by atoms with Gasteiger partial charge in [-0.25, -0.2) is 14.2 Å². The maximum atomic E-state index is 14.0. The number of oxime groups is 1. The van der Waals surface area contributed by atoms with Gasteiger partial charge in [-0.3, -0.25) is 0 Å². The number of benzene rings is 1. The summed E-state index contributed by atoms with van der Waals surface area (Å²) in [4.78, 5) is 20.4. The zero-order valence-corrected chi connectivity index (χ0v) is 15.5. The minimum atomic E-state index is -0.528. The van der Waals surface area contributed by atoms with E-state index in [-0.39, 0.29) is 11.4 Å². The second kappa shape index (κ2) is 8.22. The first-order valence-electron chi connectivity index (χ1n) is 8.78. The number of rotatable bonds is 4. The molecule has 0 saturated carbocycles. The van der Waals surface area contributed by atoms with Gasteiger partial charge in [-0.05, 0) is 29.8 Å². The highest BCUT2D eigenvalue weighted by molar-refractivity contribution is 6.30. The Labute approximate surface area is 165 Å². The summed E-state index contributed by atoms with van der Waals surface area (Å²) in [7, 11) is 0. The van der Waals surface area contributed by atoms with Crippen LogP contribution in [0.4, 0.5) is 4.39 Å². The number of halogens is 2. The molecular formula is C19H17ClFN3O4. The molecule has 7 nitrogen and oxygen atoms in total. The van der Waals surface area contributed by atoms with Gasteiger partial charge in [0, 0.05) is 19.3 Å². The van der Waals surface area contributed by atoms with E-state index in [0.29, 0.717) is 42.4 Å². The summed E-state index contributed by atoms with van der Waals surface area (Å²) in [5.74, 6) is -0.650. The van der Waals surface area contributed by atoms with Crippen LogP contribution in [0.5, 0.6) is 5.88 Å². The molecule has 2 atom stereocenters. The van der Waals surface area contributed by atoms with Crippen LogP contribution in [0.15, 0.2) is 41.7 Å². The van der Waals surface area contributed by atoms with Gasteiger partial charge in [0.05, 0.1) is 23.6 Å². The third kappa shape index (κ3) is 3.99. The van der Waals surface area contributed by atoms with E-state index < -0.39 is 24.0 Å². The molecule has 1 aromatic carbocycles. The smallest absolute Gasteiger partial charge is 0.341 e. The first-order chi connectivity index (χ1) is 13.6. The Morgan fingerprint density at radius 1 is 1.32 bits per heavy atom. The Morgan fingerprint density at radius 2 is 2.21 bits per heavy atom. The fourth-order valence-corrected chi connectivity index (χ4v) is 3.24. The summed E-state index contributed by atoms with van der Waals surface area (Å²) in [6.07, 6.45) is 0.613. The molecule has 2 aliphatic heterocycles. The van der Waals surface area contributed by atoms with Crippen molar-refractivity contribution in [2.24, 2.45) is 5.16 Å². The minimum Gasteiger partial charge on any atom is -0.469 e. The highest BCUT2D eigenvalue weighted by Crippen LogP contribution is 2.30. The lowest BCUT2D eigenvalue weighted by Gasteiger charge is -2.26. The van der Waals surface area contributed by atoms with E-state index >= 15 is 0 Å². The predicted octanol–water partition coefficient (Wildman–Crippen LogP) is 2.63. The van der Waals surface area contributed by atoms with Crippen LogP contribution in [0, 0.1) is 5.82 Å². The van der Waals surface area contributed by atoms with Crippen molar-refractivity contribution in [2.45, 2.75) is 18.6 Å². The fraction of sp³-hybridized carbons (Fsp3) is 0.316. The lowest BCUT2D eigenvalue weighted by Crippen LogP contribution is -2.35. The molecule has 1 saturated heterocycles. The largest absolute Gasteiger partial charge is 0.469 e. The normalized spacial score (nSPS) is 22.4. The van der Waals surface area contributed by atoms with Crippen LogP contribution < -0.4 is 10.1 Å². The third-order valence-corrected chi connectivity index (χ3v) is 4.75. The van der Waals surface area contributed by atoms with E-state index in [2.05, 4.69) is 20.3 Å². The number of hydrogen-bond acceptors (Lipinski definition) is 7. The van der Waals surface area contributed by atoms with E-state index in [9.17, 15) is 9.18 Å². The summed E-state index contributed by atoms with van der Waals surface area (Å²) < 4.78 is 26.0. The number of hydrogen-bond donors (Lipinski definition) is 1. The Kier molecular flexibility index (Phi) is 5.52. The molecule has 3 heterocycles. The molecule has 1 unspecified atom stereocenters. The van der Waals surface area contributed by atoms with Gasteiger partial charge >= 0.3 is 5.97 Å². The van der Waals surface area contributed by atoms with Crippen molar-refractivity contribution in [3.8, 4) is 5.88 Å². The van der Waals surface area contributed by atoms with Crippen LogP contribution in [0.3, 0.4) is 0 Å². The monoisotopic (exact) mass is 405 g/mol. The molecule has 1 aromatic heterocycles. The average Bonchev–Trinajstić information content (AvgIpc) is 2.99. The number of nitrogens with one attached hydrogen (secondary N) is 1. The summed E-state index contributed by atoms with van der Waals surface area (Å²) in [5, 5.41) is 7.07. The van der Waals surface area contributed by atoms with Crippen molar-refractivity contribution < 1.29 is 23.5 Å². The topological polar surface area (TPSA) is 82.0 Å². The molecule has 9 heteroatoms. The molecule has 0 amide bonds. The molecule has 2 aliphatic rings. The molecule has 1 fully saturated rings. The van der Waals surface area contributed by atoms with Crippen molar-refractivity contribution in [3.05, 3.63) is 58.5 Å². The summed E-state index contributed by atoms with van der Waals surface area (Å²) in [5.41, 5.74) is 1.63. The quantitative estimate of drug-likeness (QED) is 0.787. The molecule has 0 spiro atoms. The lowest BCUT2D eigenvalue weighted by molar-refractivity contribution is -0.140. The van der Waals surface area contributed by atoms with E-state index in [4.69, 9.17) is 21.1 Å². The van der Waals surface area contributed by atoms with Gasteiger partial charge in [0.2, 0.25) is 5.88 Å². The lowest BCUT2D eigenvalue weighted by atomic mass is 10.0. The number of carbonyl (C=O) groups is 1. The third-order valence-electron chi connectivity index (χ3n) is 4.45. The number of ether oxygens (including phenoxy) is 2. The van der Waals surface area contributed by atoms with Crippen molar-refractivity contribution in [1.29, 1.82) is 0 Å². The van der Waals surface area contributed by atoms with Gasteiger partial charge in [0.1, 0.15) is 23.7 Å². The van der Waals surface area contributed by atoms with Gasteiger partial charge in [-0.2, -0.15) is 0 Å². The first-order valence-corrected chi connectivity index (χ1v) is 9.15. The standard InChI is InChI=1S/C19H17ClFN3O4/c20-13-4-3-11(8-14(13)21)18-16(10-22-6-7-26-18)27-19-12(2-1-5-23-19)15-9-17(25)28-24-15/h1-5,8,16,18,22H,6-7,9-10H2/t16-,18?/m0/s1. The number of pyridine rings is 1. The van der Waals surface area contributed by atoms with E-state index in [1.165, 1.54) is 12.1 Å². The molecule has 4 rings (SSSR count). The van der Waals surface area contributed by atoms with Crippen LogP contribution in [0.25, 0.3) is 0 Å². The summed E-state index contributed by atoms with van der Waals surface area (Å²) >= 11 is 5.80. The van der Waals surface area contributed by atoms with E-state index in [1.54, 1.807) is 24.4 Å². The number of nitrogens with zero attached hydrogens (tertiary/aromatic N) is 2.